The summed E-state index contributed by atoms with van der Waals surface area (Å²) in [6.45, 7) is 6.42. The molecule has 0 aliphatic carbocycles. The Morgan fingerprint density at radius 1 is 0.480 bits per heavy atom. The lowest BCUT2D eigenvalue weighted by molar-refractivity contribution is -0.354. The maximum atomic E-state index is 12.5. The van der Waals surface area contributed by atoms with E-state index >= 15 is 0 Å². The van der Waals surface area contributed by atoms with Crippen LogP contribution in [-0.2, 0) is 80.9 Å². The van der Waals surface area contributed by atoms with Crippen LogP contribution in [0.3, 0.4) is 0 Å². The molecule has 0 bridgehead atoms. The summed E-state index contributed by atoms with van der Waals surface area (Å²) in [6, 6.07) is 8.21. The van der Waals surface area contributed by atoms with Crippen LogP contribution in [0.5, 0.6) is 5.75 Å². The van der Waals surface area contributed by atoms with Crippen LogP contribution < -0.4 is 4.74 Å². The fraction of sp³-hybridized carbons (Fsp3) is 0.594. The van der Waals surface area contributed by atoms with Crippen LogP contribution in [0.4, 0.5) is 0 Å². The summed E-state index contributed by atoms with van der Waals surface area (Å²) in [5.74, 6) is -5.56. The Hall–Kier alpha value is -4.81. The van der Waals surface area contributed by atoms with E-state index in [4.69, 9.17) is 52.1 Å². The first-order chi connectivity index (χ1) is 23.5. The van der Waals surface area contributed by atoms with Gasteiger partial charge in [-0.15, -0.1) is 0 Å². The van der Waals surface area contributed by atoms with Gasteiger partial charge in [-0.05, 0) is 12.1 Å². The lowest BCUT2D eigenvalue weighted by atomic mass is 9.96. The number of esters is 7. The van der Waals surface area contributed by atoms with E-state index in [2.05, 4.69) is 0 Å². The molecule has 18 nitrogen and oxygen atoms in total. The molecule has 50 heavy (non-hydrogen) atoms. The molecule has 3 rings (SSSR count). The van der Waals surface area contributed by atoms with Gasteiger partial charge in [-0.3, -0.25) is 33.6 Å². The minimum Gasteiger partial charge on any atom is -0.463 e. The second-order valence-corrected chi connectivity index (χ2v) is 11.1. The topological polar surface area (TPSA) is 221 Å². The molecule has 276 valence electrons. The molecule has 2 aliphatic rings. The molecule has 18 heteroatoms. The van der Waals surface area contributed by atoms with Gasteiger partial charge in [0.15, 0.2) is 30.7 Å². The zero-order valence-electron chi connectivity index (χ0n) is 28.4. The van der Waals surface area contributed by atoms with Crippen LogP contribution >= 0.6 is 0 Å². The number of hydrogen-bond donors (Lipinski definition) is 0. The summed E-state index contributed by atoms with van der Waals surface area (Å²) in [5, 5.41) is 0. The fourth-order valence-corrected chi connectivity index (χ4v) is 5.20. The number of hydrogen-bond acceptors (Lipinski definition) is 18. The fourth-order valence-electron chi connectivity index (χ4n) is 5.20. The molecule has 2 saturated heterocycles. The predicted octanol–water partition coefficient (Wildman–Crippen LogP) is 0.685. The zero-order chi connectivity index (χ0) is 37.1. The molecule has 0 spiro atoms. The molecule has 0 N–H and O–H groups in total. The van der Waals surface area contributed by atoms with Gasteiger partial charge in [0, 0.05) is 48.5 Å². The molecule has 0 amide bonds. The lowest BCUT2D eigenvalue weighted by Crippen LogP contribution is -2.67. The van der Waals surface area contributed by atoms with E-state index in [0.717, 1.165) is 48.5 Å². The van der Waals surface area contributed by atoms with Crippen molar-refractivity contribution in [3.05, 3.63) is 30.3 Å². The van der Waals surface area contributed by atoms with Gasteiger partial charge >= 0.3 is 41.8 Å². The molecule has 0 saturated carbocycles. The van der Waals surface area contributed by atoms with Crippen LogP contribution in [0, 0.1) is 0 Å². The second kappa shape index (κ2) is 18.3. The summed E-state index contributed by atoms with van der Waals surface area (Å²) in [5.41, 5.74) is 0. The standard InChI is InChI=1S/C32H40O18/c1-15(33)40-13-23-25(42-17(3)35)27(43-18(4)36)30(46-21(7)39)32(49-23)50-26-24(14-41-16(2)34)48-31(47-22-11-9-8-10-12-22)29(45-20(6)38)28(26)44-19(5)37/h8-12,23-32H,13-14H2,1-7H3/t23-,24+,25+,26+,27+,28-,29-,30-,31+,32+/m1/s1. The minimum atomic E-state index is -1.79. The van der Waals surface area contributed by atoms with Gasteiger partial charge in [0.2, 0.25) is 12.4 Å². The molecule has 0 unspecified atom stereocenters. The molecule has 1 aromatic carbocycles. The third kappa shape index (κ3) is 11.7. The Morgan fingerprint density at radius 3 is 1.32 bits per heavy atom. The lowest BCUT2D eigenvalue weighted by Gasteiger charge is -2.48. The van der Waals surface area contributed by atoms with E-state index in [9.17, 15) is 33.6 Å². The molecule has 0 aromatic heterocycles. The smallest absolute Gasteiger partial charge is 0.303 e. The Labute approximate surface area is 286 Å². The van der Waals surface area contributed by atoms with Gasteiger partial charge in [0.1, 0.15) is 37.3 Å². The molecule has 1 aromatic rings. The number of carbonyl (C=O) groups is 7. The average Bonchev–Trinajstić information content (AvgIpc) is 3.00. The maximum Gasteiger partial charge on any atom is 0.303 e. The number of benzene rings is 1. The van der Waals surface area contributed by atoms with Gasteiger partial charge in [-0.1, -0.05) is 18.2 Å². The van der Waals surface area contributed by atoms with E-state index in [1.807, 2.05) is 0 Å². The molecule has 2 heterocycles. The normalized spacial score (nSPS) is 28.9. The highest BCUT2D eigenvalue weighted by molar-refractivity contribution is 5.69. The van der Waals surface area contributed by atoms with Crippen molar-refractivity contribution in [3.63, 3.8) is 0 Å². The van der Waals surface area contributed by atoms with Gasteiger partial charge in [-0.2, -0.15) is 0 Å². The van der Waals surface area contributed by atoms with E-state index in [0.29, 0.717) is 0 Å². The third-order valence-electron chi connectivity index (χ3n) is 6.88. The molecular formula is C32H40O18. The molecule has 10 atom stereocenters. The predicted molar refractivity (Wildman–Crippen MR) is 160 cm³/mol. The van der Waals surface area contributed by atoms with Crippen molar-refractivity contribution >= 4 is 41.8 Å². The first kappa shape index (κ1) is 39.6. The van der Waals surface area contributed by atoms with Crippen molar-refractivity contribution in [2.24, 2.45) is 0 Å². The highest BCUT2D eigenvalue weighted by atomic mass is 16.8. The Kier molecular flexibility index (Phi) is 14.5. The molecule has 0 radical (unpaired) electrons. The second-order valence-electron chi connectivity index (χ2n) is 11.1. The SMILES string of the molecule is CC(=O)OC[C@@H]1O[C@H](Oc2ccccc2)[C@H](OC(C)=O)[C@H](OC(C)=O)[C@H]1O[C@@H]1O[C@H](COC(C)=O)[C@H](OC(C)=O)[C@H](OC(C)=O)[C@H]1OC(C)=O. The third-order valence-corrected chi connectivity index (χ3v) is 6.88. The Morgan fingerprint density at radius 2 is 0.860 bits per heavy atom. The minimum absolute atomic E-state index is 0.265. The summed E-state index contributed by atoms with van der Waals surface area (Å²) in [4.78, 5) is 85.3. The summed E-state index contributed by atoms with van der Waals surface area (Å²) < 4.78 is 62.3. The maximum absolute atomic E-state index is 12.5. The summed E-state index contributed by atoms with van der Waals surface area (Å²) >= 11 is 0. The monoisotopic (exact) mass is 712 g/mol. The van der Waals surface area contributed by atoms with Crippen molar-refractivity contribution in [1.82, 2.24) is 0 Å². The van der Waals surface area contributed by atoms with Crippen LogP contribution in [0.15, 0.2) is 30.3 Å². The molecular weight excluding hydrogens is 672 g/mol. The van der Waals surface area contributed by atoms with Crippen LogP contribution in [-0.4, -0.2) is 116 Å². The van der Waals surface area contributed by atoms with Gasteiger partial charge in [0.05, 0.1) is 0 Å². The van der Waals surface area contributed by atoms with Crippen molar-refractivity contribution in [1.29, 1.82) is 0 Å². The quantitative estimate of drug-likeness (QED) is 0.203. The largest absolute Gasteiger partial charge is 0.463 e. The highest BCUT2D eigenvalue weighted by Crippen LogP contribution is 2.36. The van der Waals surface area contributed by atoms with Crippen LogP contribution in [0.1, 0.15) is 48.5 Å². The Balaban J connectivity index is 2.16. The van der Waals surface area contributed by atoms with Crippen LogP contribution in [0.25, 0.3) is 0 Å². The van der Waals surface area contributed by atoms with Crippen LogP contribution in [0.2, 0.25) is 0 Å². The van der Waals surface area contributed by atoms with E-state index in [1.54, 1.807) is 30.3 Å². The molecule has 2 aliphatic heterocycles. The summed E-state index contributed by atoms with van der Waals surface area (Å²) in [7, 11) is 0. The van der Waals surface area contributed by atoms with Crippen molar-refractivity contribution < 1.29 is 85.7 Å². The van der Waals surface area contributed by atoms with Crippen molar-refractivity contribution in [2.75, 3.05) is 13.2 Å². The Bertz CT molecular complexity index is 1380. The van der Waals surface area contributed by atoms with Crippen molar-refractivity contribution in [2.45, 2.75) is 110 Å². The van der Waals surface area contributed by atoms with E-state index in [-0.39, 0.29) is 5.75 Å². The number of para-hydroxylation sites is 1. The van der Waals surface area contributed by atoms with Gasteiger partial charge < -0.3 is 52.1 Å². The first-order valence-electron chi connectivity index (χ1n) is 15.4. The number of rotatable bonds is 13. The zero-order valence-corrected chi connectivity index (χ0v) is 28.4. The summed E-state index contributed by atoms with van der Waals surface area (Å²) in [6.07, 6.45) is -15.5. The number of carbonyl (C=O) groups excluding carboxylic acids is 7. The highest BCUT2D eigenvalue weighted by Gasteiger charge is 2.58. The van der Waals surface area contributed by atoms with Gasteiger partial charge in [-0.25, -0.2) is 0 Å². The van der Waals surface area contributed by atoms with E-state index < -0.39 is 116 Å². The van der Waals surface area contributed by atoms with E-state index in [1.165, 1.54) is 0 Å². The van der Waals surface area contributed by atoms with Crippen molar-refractivity contribution in [3.8, 4) is 5.75 Å². The average molecular weight is 713 g/mol. The number of ether oxygens (including phenoxy) is 11. The van der Waals surface area contributed by atoms with Gasteiger partial charge in [0.25, 0.3) is 0 Å². The first-order valence-corrected chi connectivity index (χ1v) is 15.4. The molecule has 2 fully saturated rings.